The molecule has 1 aliphatic rings. The lowest BCUT2D eigenvalue weighted by atomic mass is 9.98. The summed E-state index contributed by atoms with van der Waals surface area (Å²) in [6.07, 6.45) is 3.03. The Balaban J connectivity index is 1.80. The third kappa shape index (κ3) is 3.64. The summed E-state index contributed by atoms with van der Waals surface area (Å²) in [6.45, 7) is 0. The molecule has 1 N–H and O–H groups in total. The fourth-order valence-electron chi connectivity index (χ4n) is 4.42. The van der Waals surface area contributed by atoms with E-state index in [0.717, 1.165) is 23.7 Å². The smallest absolute Gasteiger partial charge is 0.316 e. The Bertz CT molecular complexity index is 1150. The zero-order valence-electron chi connectivity index (χ0n) is 17.9. The van der Waals surface area contributed by atoms with Crippen LogP contribution in [0.2, 0.25) is 6.04 Å². The molecule has 12 heteroatoms. The van der Waals surface area contributed by atoms with Crippen molar-refractivity contribution in [2.24, 2.45) is 7.05 Å². The lowest BCUT2D eigenvalue weighted by molar-refractivity contribution is -0.384. The minimum atomic E-state index is -0.898. The van der Waals surface area contributed by atoms with E-state index in [1.807, 2.05) is 0 Å². The Morgan fingerprint density at radius 2 is 1.97 bits per heavy atom. The maximum absolute atomic E-state index is 15.2. The molecule has 0 bridgehead atoms. The average Bonchev–Trinajstić information content (AvgIpc) is 3.31. The Morgan fingerprint density at radius 1 is 1.28 bits per heavy atom. The molecule has 1 aliphatic heterocycles. The summed E-state index contributed by atoms with van der Waals surface area (Å²) in [5.74, 6) is -1.56. The molecule has 9 nitrogen and oxygen atoms in total. The van der Waals surface area contributed by atoms with Crippen LogP contribution >= 0.6 is 0 Å². The molecular formula is C20H23F2N5O4Si. The first kappa shape index (κ1) is 21.9. The fourth-order valence-corrected chi connectivity index (χ4v) is 6.59. The number of ether oxygens (including phenoxy) is 2. The van der Waals surface area contributed by atoms with Gasteiger partial charge in [0.25, 0.3) is 0 Å². The summed E-state index contributed by atoms with van der Waals surface area (Å²) in [5, 5.41) is 22.8. The van der Waals surface area contributed by atoms with Gasteiger partial charge in [-0.2, -0.15) is 10.2 Å². The minimum Gasteiger partial charge on any atom is -0.494 e. The first-order valence-electron chi connectivity index (χ1n) is 10.2. The maximum Gasteiger partial charge on any atom is 0.316 e. The van der Waals surface area contributed by atoms with Crippen LogP contribution in [0.5, 0.6) is 11.5 Å². The zero-order valence-corrected chi connectivity index (χ0v) is 19.4. The van der Waals surface area contributed by atoms with Crippen LogP contribution in [0.3, 0.4) is 0 Å². The second kappa shape index (κ2) is 8.69. The van der Waals surface area contributed by atoms with Crippen molar-refractivity contribution >= 4 is 15.2 Å². The van der Waals surface area contributed by atoms with Gasteiger partial charge in [0.05, 0.1) is 19.1 Å². The summed E-state index contributed by atoms with van der Waals surface area (Å²) in [7, 11) is 3.38. The number of H-pyrrole nitrogens is 1. The van der Waals surface area contributed by atoms with Gasteiger partial charge in [0.1, 0.15) is 11.9 Å². The first-order valence-corrected chi connectivity index (χ1v) is 12.0. The molecule has 1 atom stereocenters. The molecule has 32 heavy (non-hydrogen) atoms. The summed E-state index contributed by atoms with van der Waals surface area (Å²) in [5.41, 5.74) is 1.81. The Labute approximate surface area is 184 Å². The topological polar surface area (TPSA) is 108 Å². The number of halogens is 2. The van der Waals surface area contributed by atoms with E-state index in [1.165, 1.54) is 31.2 Å². The van der Waals surface area contributed by atoms with Gasteiger partial charge in [-0.1, -0.05) is 12.5 Å². The summed E-state index contributed by atoms with van der Waals surface area (Å²) in [6, 6.07) is 2.07. The normalized spacial score (nSPS) is 17.0. The quantitative estimate of drug-likeness (QED) is 0.354. The Morgan fingerprint density at radius 3 is 2.59 bits per heavy atom. The monoisotopic (exact) mass is 463 g/mol. The number of benzene rings is 1. The van der Waals surface area contributed by atoms with E-state index in [9.17, 15) is 10.1 Å². The molecule has 0 unspecified atom stereocenters. The lowest BCUT2D eigenvalue weighted by Gasteiger charge is -2.22. The number of aromatic nitrogens is 4. The lowest BCUT2D eigenvalue weighted by Crippen LogP contribution is -2.19. The van der Waals surface area contributed by atoms with E-state index in [-0.39, 0.29) is 28.3 Å². The maximum atomic E-state index is 15.2. The Kier molecular flexibility index (Phi) is 5.95. The highest BCUT2D eigenvalue weighted by Crippen LogP contribution is 2.39. The molecule has 0 amide bonds. The number of rotatable bonds is 5. The number of nitrogens with zero attached hydrogens (tertiary/aromatic N) is 4. The van der Waals surface area contributed by atoms with E-state index in [2.05, 4.69) is 15.3 Å². The molecule has 0 radical (unpaired) electrons. The molecule has 0 aliphatic carbocycles. The van der Waals surface area contributed by atoms with Gasteiger partial charge in [0.2, 0.25) is 0 Å². The SMILES string of the molecule is COc1cc(OC)c(F)c([C@@H]2Cc3[nH]nc(-c4c([N+](=O)[O-])cnn4C)c3CCC[SiH2]2)c1F. The number of fused-ring (bicyclic) bond motifs is 1. The second-order valence-electron chi connectivity index (χ2n) is 7.76. The van der Waals surface area contributed by atoms with Crippen molar-refractivity contribution in [1.82, 2.24) is 20.0 Å². The van der Waals surface area contributed by atoms with E-state index in [0.29, 0.717) is 24.2 Å². The highest BCUT2D eigenvalue weighted by molar-refractivity contribution is 6.38. The van der Waals surface area contributed by atoms with Crippen molar-refractivity contribution in [3.8, 4) is 22.9 Å². The minimum absolute atomic E-state index is 0.0246. The molecule has 0 saturated heterocycles. The van der Waals surface area contributed by atoms with Crippen LogP contribution in [0.1, 0.15) is 28.8 Å². The van der Waals surface area contributed by atoms with E-state index < -0.39 is 26.1 Å². The van der Waals surface area contributed by atoms with Crippen LogP contribution in [0.4, 0.5) is 14.5 Å². The van der Waals surface area contributed by atoms with Crippen LogP contribution in [-0.4, -0.2) is 48.6 Å². The molecule has 3 aromatic rings. The van der Waals surface area contributed by atoms with Crippen LogP contribution in [-0.2, 0) is 19.9 Å². The molecule has 0 saturated carbocycles. The predicted molar refractivity (Wildman–Crippen MR) is 115 cm³/mol. The van der Waals surface area contributed by atoms with Gasteiger partial charge in [-0.15, -0.1) is 0 Å². The second-order valence-corrected chi connectivity index (χ2v) is 10.0. The first-order chi connectivity index (χ1) is 15.4. The summed E-state index contributed by atoms with van der Waals surface area (Å²) < 4.78 is 41.9. The number of methoxy groups -OCH3 is 2. The zero-order chi connectivity index (χ0) is 23.0. The predicted octanol–water partition coefficient (Wildman–Crippen LogP) is 2.83. The van der Waals surface area contributed by atoms with Gasteiger partial charge in [-0.05, 0) is 18.4 Å². The number of nitro groups is 1. The molecular weight excluding hydrogens is 440 g/mol. The van der Waals surface area contributed by atoms with Gasteiger partial charge < -0.3 is 9.47 Å². The van der Waals surface area contributed by atoms with E-state index in [1.54, 1.807) is 7.05 Å². The molecule has 3 heterocycles. The molecule has 0 spiro atoms. The molecule has 1 aromatic carbocycles. The van der Waals surface area contributed by atoms with Crippen LogP contribution in [0, 0.1) is 21.7 Å². The van der Waals surface area contributed by atoms with Crippen molar-refractivity contribution in [2.75, 3.05) is 14.2 Å². The molecule has 0 fully saturated rings. The van der Waals surface area contributed by atoms with E-state index in [4.69, 9.17) is 9.47 Å². The summed E-state index contributed by atoms with van der Waals surface area (Å²) >= 11 is 0. The highest BCUT2D eigenvalue weighted by Gasteiger charge is 2.32. The van der Waals surface area contributed by atoms with Crippen LogP contribution < -0.4 is 9.47 Å². The fraction of sp³-hybridized carbons (Fsp3) is 0.400. The average molecular weight is 464 g/mol. The van der Waals surface area contributed by atoms with Crippen molar-refractivity contribution in [2.45, 2.75) is 30.8 Å². The van der Waals surface area contributed by atoms with E-state index >= 15 is 8.78 Å². The number of hydrogen-bond donors (Lipinski definition) is 1. The standard InChI is InChI=1S/C20H23F2N5O4Si/c1-26-20(12(9-23-26)27(28)29)19-10-5-4-6-32-15(7-11(10)24-25-19)16-17(21)13(30-2)8-14(31-3)18(16)22/h8-9,15H,4-7,32H2,1-3H3,(H,24,25)/t15-/m0/s1. The van der Waals surface area contributed by atoms with Gasteiger partial charge >= 0.3 is 5.69 Å². The molecule has 2 aromatic heterocycles. The van der Waals surface area contributed by atoms with Gasteiger partial charge in [0.15, 0.2) is 28.8 Å². The Hall–Kier alpha value is -3.28. The number of aromatic amines is 1. The van der Waals surface area contributed by atoms with Crippen LogP contribution in [0.25, 0.3) is 11.4 Å². The van der Waals surface area contributed by atoms with Gasteiger partial charge in [-0.25, -0.2) is 8.78 Å². The van der Waals surface area contributed by atoms with Gasteiger partial charge in [0, 0.05) is 39.5 Å². The molecule has 170 valence electrons. The number of nitrogens with one attached hydrogen (secondary N) is 1. The highest BCUT2D eigenvalue weighted by atomic mass is 28.2. The summed E-state index contributed by atoms with van der Waals surface area (Å²) in [4.78, 5) is 11.0. The number of aryl methyl sites for hydroxylation is 1. The van der Waals surface area contributed by atoms with Gasteiger partial charge in [-0.3, -0.25) is 19.9 Å². The number of hydrogen-bond acceptors (Lipinski definition) is 6. The largest absolute Gasteiger partial charge is 0.494 e. The third-order valence-electron chi connectivity index (χ3n) is 5.99. The van der Waals surface area contributed by atoms with Crippen LogP contribution in [0.15, 0.2) is 12.3 Å². The van der Waals surface area contributed by atoms with Crippen molar-refractivity contribution < 1.29 is 23.2 Å². The molecule has 4 rings (SSSR count). The van der Waals surface area contributed by atoms with Crippen molar-refractivity contribution in [3.63, 3.8) is 0 Å². The van der Waals surface area contributed by atoms with Crippen molar-refractivity contribution in [3.05, 3.63) is 50.8 Å². The van der Waals surface area contributed by atoms with Crippen molar-refractivity contribution in [1.29, 1.82) is 0 Å². The third-order valence-corrected chi connectivity index (χ3v) is 8.29.